The van der Waals surface area contributed by atoms with Crippen LogP contribution in [0.5, 0.6) is 23.0 Å². The van der Waals surface area contributed by atoms with Gasteiger partial charge in [-0.15, -0.1) is 0 Å². The Hall–Kier alpha value is -1.57. The van der Waals surface area contributed by atoms with E-state index in [2.05, 4.69) is 172 Å². The fraction of sp³-hybridized carbons (Fsp3) is 0.750. The Morgan fingerprint density at radius 3 is 0.879 bits per heavy atom. The molecule has 58 heavy (non-hydrogen) atoms. The highest BCUT2D eigenvalue weighted by atomic mass is 28.4. The van der Waals surface area contributed by atoms with E-state index in [1.807, 2.05) is 0 Å². The summed E-state index contributed by atoms with van der Waals surface area (Å²) < 4.78 is 26.9. The zero-order valence-electron chi connectivity index (χ0n) is 41.0. The molecule has 0 atom stereocenters. The van der Waals surface area contributed by atoms with Crippen LogP contribution in [0.1, 0.15) is 157 Å². The molecule has 0 aromatic heterocycles. The fourth-order valence-electron chi connectivity index (χ4n) is 6.53. The molecule has 0 radical (unpaired) electrons. The summed E-state index contributed by atoms with van der Waals surface area (Å²) in [5.41, 5.74) is 2.59. The van der Waals surface area contributed by atoms with Crippen molar-refractivity contribution in [1.29, 1.82) is 0 Å². The highest BCUT2D eigenvalue weighted by Crippen LogP contribution is 2.47. The van der Waals surface area contributed by atoms with Gasteiger partial charge in [0.05, 0.1) is 12.2 Å². The second kappa shape index (κ2) is 18.4. The molecule has 0 unspecified atom stereocenters. The Morgan fingerprint density at radius 2 is 0.638 bits per heavy atom. The first-order chi connectivity index (χ1) is 26.1. The van der Waals surface area contributed by atoms with E-state index in [9.17, 15) is 10.2 Å². The first kappa shape index (κ1) is 50.8. The van der Waals surface area contributed by atoms with Crippen molar-refractivity contribution < 1.29 is 27.9 Å². The van der Waals surface area contributed by atoms with Crippen LogP contribution in [0.4, 0.5) is 0 Å². The number of benzene rings is 2. The maximum atomic E-state index is 9.94. The lowest BCUT2D eigenvalue weighted by atomic mass is 9.82. The Balaban J connectivity index is 0.000000310. The average Bonchev–Trinajstić information content (AvgIpc) is 3.04. The number of hydrogen-bond acceptors (Lipinski definition) is 6. The highest BCUT2D eigenvalue weighted by molar-refractivity contribution is 6.76. The van der Waals surface area contributed by atoms with Crippen LogP contribution in [0, 0.1) is 0 Å². The quantitative estimate of drug-likeness (QED) is 0.232. The van der Waals surface area contributed by atoms with Gasteiger partial charge in [-0.25, -0.2) is 0 Å². The van der Waals surface area contributed by atoms with E-state index in [-0.39, 0.29) is 32.4 Å². The summed E-state index contributed by atoms with van der Waals surface area (Å²) in [4.78, 5) is 0. The van der Waals surface area contributed by atoms with Gasteiger partial charge < -0.3 is 27.9 Å². The van der Waals surface area contributed by atoms with E-state index in [1.165, 1.54) is 11.1 Å². The average molecular weight is 874 g/mol. The number of rotatable bonds is 10. The molecular formula is C48H88O6Si4. The SMILES string of the molecule is CC(C)(C)[Si](C)(C)Oc1ccc([C@H]2CC[C@@H](O)CC2)c(O[Si](C)(C)C(C)(C)C)c1.CC(C)(C)[Si](C)(C)Oc1ccc([C@H]2CC[C@H](O)CC2)c(O[Si](C)(C)C(C)(C)C)c1. The van der Waals surface area contributed by atoms with Gasteiger partial charge in [-0.2, -0.15) is 0 Å². The van der Waals surface area contributed by atoms with Crippen LogP contribution >= 0.6 is 0 Å². The molecule has 332 valence electrons. The molecule has 2 aromatic rings. The molecule has 2 N–H and O–H groups in total. The van der Waals surface area contributed by atoms with Crippen molar-refractivity contribution in [3.63, 3.8) is 0 Å². The van der Waals surface area contributed by atoms with E-state index < -0.39 is 33.3 Å². The zero-order valence-corrected chi connectivity index (χ0v) is 45.0. The van der Waals surface area contributed by atoms with E-state index in [4.69, 9.17) is 17.7 Å². The van der Waals surface area contributed by atoms with Crippen LogP contribution in [0.15, 0.2) is 36.4 Å². The molecule has 0 saturated heterocycles. The summed E-state index contributed by atoms with van der Waals surface area (Å²) >= 11 is 0. The van der Waals surface area contributed by atoms with Gasteiger partial charge in [0, 0.05) is 12.1 Å². The Labute approximate surface area is 361 Å². The first-order valence-corrected chi connectivity index (χ1v) is 34.1. The van der Waals surface area contributed by atoms with Gasteiger partial charge in [0.2, 0.25) is 33.3 Å². The minimum atomic E-state index is -1.97. The maximum absolute atomic E-state index is 9.94. The first-order valence-electron chi connectivity index (χ1n) is 22.5. The van der Waals surface area contributed by atoms with Gasteiger partial charge in [-0.3, -0.25) is 0 Å². The van der Waals surface area contributed by atoms with Crippen molar-refractivity contribution in [2.24, 2.45) is 0 Å². The van der Waals surface area contributed by atoms with Gasteiger partial charge in [0.25, 0.3) is 0 Å². The molecule has 2 aliphatic rings. The van der Waals surface area contributed by atoms with Crippen LogP contribution in [-0.2, 0) is 0 Å². The predicted molar refractivity (Wildman–Crippen MR) is 259 cm³/mol. The summed E-state index contributed by atoms with van der Waals surface area (Å²) in [6, 6.07) is 13.0. The number of aliphatic hydroxyl groups is 2. The molecule has 0 spiro atoms. The molecule has 0 amide bonds. The van der Waals surface area contributed by atoms with Crippen molar-refractivity contribution in [1.82, 2.24) is 0 Å². The topological polar surface area (TPSA) is 77.4 Å². The van der Waals surface area contributed by atoms with Crippen LogP contribution in [-0.4, -0.2) is 55.7 Å². The monoisotopic (exact) mass is 873 g/mol. The Kier molecular flexibility index (Phi) is 16.1. The molecule has 2 fully saturated rings. The smallest absolute Gasteiger partial charge is 0.250 e. The van der Waals surface area contributed by atoms with E-state index >= 15 is 0 Å². The minimum Gasteiger partial charge on any atom is -0.543 e. The van der Waals surface area contributed by atoms with Crippen molar-refractivity contribution in [2.75, 3.05) is 0 Å². The molecular weight excluding hydrogens is 785 g/mol. The van der Waals surface area contributed by atoms with Crippen LogP contribution in [0.25, 0.3) is 0 Å². The summed E-state index contributed by atoms with van der Waals surface area (Å²) in [5, 5.41) is 20.5. The van der Waals surface area contributed by atoms with Gasteiger partial charge in [0.15, 0.2) is 0 Å². The van der Waals surface area contributed by atoms with Gasteiger partial charge >= 0.3 is 0 Å². The minimum absolute atomic E-state index is 0.141. The van der Waals surface area contributed by atoms with Crippen molar-refractivity contribution in [3.05, 3.63) is 47.5 Å². The largest absolute Gasteiger partial charge is 0.543 e. The number of hydrogen-bond donors (Lipinski definition) is 2. The van der Waals surface area contributed by atoms with Crippen LogP contribution < -0.4 is 17.7 Å². The van der Waals surface area contributed by atoms with Crippen LogP contribution in [0.2, 0.25) is 72.5 Å². The standard InChI is InChI=1S/2C24H44O3Si2/c2*1-23(2,3)28(7,8)26-20-15-16-21(18-11-13-19(25)14-12-18)22(17-20)27-29(9,10)24(4,5)6/h2*15-19,25H,11-14H2,1-10H3/t18-,19+;18-,19-. The van der Waals surface area contributed by atoms with Crippen molar-refractivity contribution in [3.8, 4) is 23.0 Å². The summed E-state index contributed by atoms with van der Waals surface area (Å²) in [7, 11) is -7.75. The zero-order chi connectivity index (χ0) is 44.5. The fourth-order valence-corrected chi connectivity index (χ4v) is 10.6. The van der Waals surface area contributed by atoms with E-state index in [0.29, 0.717) is 11.8 Å². The molecule has 2 aliphatic carbocycles. The third-order valence-corrected chi connectivity index (χ3v) is 32.3. The second-order valence-corrected chi connectivity index (χ2v) is 42.8. The summed E-state index contributed by atoms with van der Waals surface area (Å²) in [6.45, 7) is 45.7. The third-order valence-electron chi connectivity index (χ3n) is 14.9. The lowest BCUT2D eigenvalue weighted by Crippen LogP contribution is -2.44. The van der Waals surface area contributed by atoms with Crippen molar-refractivity contribution >= 4 is 33.3 Å². The molecule has 4 rings (SSSR count). The molecule has 2 saturated carbocycles. The van der Waals surface area contributed by atoms with Gasteiger partial charge in [-0.05, 0) is 159 Å². The maximum Gasteiger partial charge on any atom is 0.250 e. The highest BCUT2D eigenvalue weighted by Gasteiger charge is 2.43. The lowest BCUT2D eigenvalue weighted by Gasteiger charge is -2.39. The molecule has 2 aromatic carbocycles. The predicted octanol–water partition coefficient (Wildman–Crippen LogP) is 14.9. The summed E-state index contributed by atoms with van der Waals surface area (Å²) in [5.74, 6) is 4.80. The van der Waals surface area contributed by atoms with E-state index in [0.717, 1.165) is 74.4 Å². The van der Waals surface area contributed by atoms with Crippen LogP contribution in [0.3, 0.4) is 0 Å². The third kappa shape index (κ3) is 13.2. The molecule has 0 aliphatic heterocycles. The molecule has 6 nitrogen and oxygen atoms in total. The molecule has 0 bridgehead atoms. The Morgan fingerprint density at radius 1 is 0.397 bits per heavy atom. The lowest BCUT2D eigenvalue weighted by molar-refractivity contribution is 0.122. The summed E-state index contributed by atoms with van der Waals surface area (Å²) in [6.07, 6.45) is 7.34. The normalized spacial score (nSPS) is 21.8. The van der Waals surface area contributed by atoms with Gasteiger partial charge in [-0.1, -0.05) is 95.2 Å². The second-order valence-electron chi connectivity index (χ2n) is 23.9. The van der Waals surface area contributed by atoms with Gasteiger partial charge in [0.1, 0.15) is 23.0 Å². The van der Waals surface area contributed by atoms with Crippen molar-refractivity contribution in [2.45, 2.75) is 231 Å². The molecule has 10 heteroatoms. The van der Waals surface area contributed by atoms with E-state index in [1.54, 1.807) is 0 Å². The number of aliphatic hydroxyl groups excluding tert-OH is 2. The molecule has 0 heterocycles. The Bertz CT molecular complexity index is 1500.